The Morgan fingerprint density at radius 1 is 0.884 bits per heavy atom. The van der Waals surface area contributed by atoms with Gasteiger partial charge in [-0.25, -0.2) is 9.37 Å². The number of nitrogens with zero attached hydrogens (tertiary/aromatic N) is 3. The first-order chi connectivity index (χ1) is 20.3. The average Bonchev–Trinajstić information content (AvgIpc) is 3.37. The fourth-order valence-electron chi connectivity index (χ4n) is 4.93. The minimum atomic E-state index is -1.50. The molecule has 2 aromatic carbocycles. The van der Waals surface area contributed by atoms with Crippen molar-refractivity contribution in [1.82, 2.24) is 15.0 Å². The number of hydrogen-bond donors (Lipinski definition) is 0. The molecular formula is C36H36FIrN3OSi-2. The van der Waals surface area contributed by atoms with Crippen molar-refractivity contribution in [3.05, 3.63) is 108 Å². The number of pyridine rings is 3. The number of hydrogen-bond acceptors (Lipinski definition) is 4. The summed E-state index contributed by atoms with van der Waals surface area (Å²) in [7, 11) is -1.50. The van der Waals surface area contributed by atoms with Gasteiger partial charge in [-0.1, -0.05) is 81.5 Å². The van der Waals surface area contributed by atoms with E-state index in [4.69, 9.17) is 5.79 Å². The molecule has 0 aliphatic rings. The summed E-state index contributed by atoms with van der Waals surface area (Å²) in [5.74, 6) is -0.553. The molecule has 4 heterocycles. The van der Waals surface area contributed by atoms with Crippen molar-refractivity contribution in [2.75, 3.05) is 0 Å². The number of furan rings is 1. The van der Waals surface area contributed by atoms with Crippen molar-refractivity contribution < 1.29 is 30.3 Å². The van der Waals surface area contributed by atoms with Gasteiger partial charge in [0.15, 0.2) is 0 Å². The van der Waals surface area contributed by atoms with Crippen LogP contribution in [-0.2, 0) is 20.1 Å². The Bertz CT molecular complexity index is 1900. The molecule has 0 N–H and O–H groups in total. The van der Waals surface area contributed by atoms with E-state index in [1.807, 2.05) is 56.4 Å². The van der Waals surface area contributed by atoms with Crippen molar-refractivity contribution in [2.24, 2.45) is 0 Å². The van der Waals surface area contributed by atoms with Crippen LogP contribution in [0, 0.1) is 17.9 Å². The molecule has 0 spiro atoms. The van der Waals surface area contributed by atoms with Gasteiger partial charge in [0.1, 0.15) is 5.82 Å². The molecule has 0 saturated heterocycles. The topological polar surface area (TPSA) is 51.8 Å². The quantitative estimate of drug-likeness (QED) is 0.130. The summed E-state index contributed by atoms with van der Waals surface area (Å²) >= 11 is 0. The van der Waals surface area contributed by atoms with E-state index in [9.17, 15) is 4.39 Å². The summed E-state index contributed by atoms with van der Waals surface area (Å²) < 4.78 is 28.4. The van der Waals surface area contributed by atoms with Crippen LogP contribution >= 0.6 is 0 Å². The van der Waals surface area contributed by atoms with E-state index in [1.54, 1.807) is 18.3 Å². The SMILES string of the molecule is CC(C)c1ccnc(-c2[c-]ccc3c2oc2nccc(F)c23)c1.[2H]C(C)(C)c1cc(-c2[c-]cccc2)ncc1[Si](C)(C)C.[Ir]. The Balaban J connectivity index is 0.000000199. The van der Waals surface area contributed by atoms with E-state index in [-0.39, 0.29) is 25.9 Å². The summed E-state index contributed by atoms with van der Waals surface area (Å²) in [6.45, 7) is 15.1. The minimum absolute atomic E-state index is 0. The van der Waals surface area contributed by atoms with Gasteiger partial charge in [0.2, 0.25) is 5.71 Å². The summed E-state index contributed by atoms with van der Waals surface area (Å²) in [5.41, 5.74) is 6.51. The molecule has 0 unspecified atom stereocenters. The van der Waals surface area contributed by atoms with Gasteiger partial charge in [0, 0.05) is 40.1 Å². The predicted molar refractivity (Wildman–Crippen MR) is 173 cm³/mol. The van der Waals surface area contributed by atoms with Gasteiger partial charge < -0.3 is 14.4 Å². The first-order valence-corrected chi connectivity index (χ1v) is 17.7. The van der Waals surface area contributed by atoms with Crippen LogP contribution in [-0.4, -0.2) is 23.0 Å². The van der Waals surface area contributed by atoms with Crippen LogP contribution in [0.2, 0.25) is 19.6 Å². The van der Waals surface area contributed by atoms with Gasteiger partial charge in [-0.15, -0.1) is 54.1 Å². The molecule has 1 radical (unpaired) electrons. The zero-order valence-electron chi connectivity index (χ0n) is 26.5. The van der Waals surface area contributed by atoms with E-state index in [0.717, 1.165) is 28.1 Å². The van der Waals surface area contributed by atoms with E-state index >= 15 is 0 Å². The Labute approximate surface area is 269 Å². The van der Waals surface area contributed by atoms with Crippen molar-refractivity contribution in [1.29, 1.82) is 0 Å². The minimum Gasteiger partial charge on any atom is -0.486 e. The van der Waals surface area contributed by atoms with Crippen LogP contribution in [0.4, 0.5) is 4.39 Å². The fraction of sp³-hybridized carbons (Fsp3) is 0.250. The fourth-order valence-corrected chi connectivity index (χ4v) is 6.51. The average molecular weight is 767 g/mol. The molecule has 0 atom stereocenters. The molecule has 7 heteroatoms. The zero-order valence-corrected chi connectivity index (χ0v) is 28.9. The molecule has 0 fully saturated rings. The molecule has 4 nitrogen and oxygen atoms in total. The molecule has 6 rings (SSSR count). The Hall–Kier alpha value is -3.51. The molecule has 0 bridgehead atoms. The van der Waals surface area contributed by atoms with Crippen molar-refractivity contribution >= 4 is 35.3 Å². The van der Waals surface area contributed by atoms with Crippen LogP contribution < -0.4 is 5.19 Å². The molecule has 223 valence electrons. The van der Waals surface area contributed by atoms with Gasteiger partial charge in [0.05, 0.1) is 19.0 Å². The Kier molecular flexibility index (Phi) is 9.65. The maximum atomic E-state index is 14.1. The van der Waals surface area contributed by atoms with Crippen molar-refractivity contribution in [3.63, 3.8) is 0 Å². The smallest absolute Gasteiger partial charge is 0.219 e. The monoisotopic (exact) mass is 767 g/mol. The third-order valence-electron chi connectivity index (χ3n) is 7.23. The number of benzene rings is 2. The second kappa shape index (κ2) is 13.4. The molecule has 0 saturated carbocycles. The third-order valence-corrected chi connectivity index (χ3v) is 9.24. The maximum absolute atomic E-state index is 14.1. The molecule has 6 aromatic rings. The largest absolute Gasteiger partial charge is 0.486 e. The van der Waals surface area contributed by atoms with Crippen LogP contribution in [0.3, 0.4) is 0 Å². The number of aromatic nitrogens is 3. The van der Waals surface area contributed by atoms with E-state index < -0.39 is 14.0 Å². The van der Waals surface area contributed by atoms with E-state index in [0.29, 0.717) is 28.0 Å². The van der Waals surface area contributed by atoms with Gasteiger partial charge in [-0.3, -0.25) is 0 Å². The number of fused-ring (bicyclic) bond motifs is 3. The molecular weight excluding hydrogens is 730 g/mol. The predicted octanol–water partition coefficient (Wildman–Crippen LogP) is 9.32. The maximum Gasteiger partial charge on any atom is 0.219 e. The van der Waals surface area contributed by atoms with Gasteiger partial charge in [-0.05, 0) is 40.5 Å². The summed E-state index contributed by atoms with van der Waals surface area (Å²) in [5, 5.41) is 2.37. The first kappa shape index (κ1) is 30.9. The summed E-state index contributed by atoms with van der Waals surface area (Å²) in [4.78, 5) is 13.2. The number of rotatable bonds is 5. The normalized spacial score (nSPS) is 12.1. The second-order valence-corrected chi connectivity index (χ2v) is 17.0. The van der Waals surface area contributed by atoms with Crippen molar-refractivity contribution in [2.45, 2.75) is 59.1 Å². The van der Waals surface area contributed by atoms with Crippen molar-refractivity contribution in [3.8, 4) is 22.5 Å². The summed E-state index contributed by atoms with van der Waals surface area (Å²) in [6, 6.07) is 25.2. The third kappa shape index (κ3) is 7.01. The van der Waals surface area contributed by atoms with Gasteiger partial charge in [-0.2, -0.15) is 0 Å². The molecule has 0 amide bonds. The molecule has 43 heavy (non-hydrogen) atoms. The summed E-state index contributed by atoms with van der Waals surface area (Å²) in [6.07, 6.45) is 5.16. The van der Waals surface area contributed by atoms with E-state index in [1.165, 1.54) is 23.0 Å². The van der Waals surface area contributed by atoms with Gasteiger partial charge >= 0.3 is 0 Å². The molecule has 4 aromatic heterocycles. The molecule has 0 aliphatic heterocycles. The van der Waals surface area contributed by atoms with E-state index in [2.05, 4.69) is 66.6 Å². The first-order valence-electron chi connectivity index (χ1n) is 14.7. The second-order valence-electron chi connectivity index (χ2n) is 11.9. The standard InChI is InChI=1S/C19H14FN2O.C17H22NSi.Ir/c1-11(2)12-6-8-21-16(10-12)13-4-3-5-14-17-15(20)7-9-22-19(17)23-18(13)14;1-13(2)15-11-16(14-9-7-6-8-10-14)18-12-17(15)19(3,4)5;/h3,5-11H,1-2H3;6-9,11-13H,1-5H3;/q2*-1;/i;13D;. The van der Waals surface area contributed by atoms with Crippen LogP contribution in [0.15, 0.2) is 83.7 Å². The Morgan fingerprint density at radius 2 is 1.65 bits per heavy atom. The Morgan fingerprint density at radius 3 is 2.33 bits per heavy atom. The molecule has 0 aliphatic carbocycles. The van der Waals surface area contributed by atoms with Gasteiger partial charge in [0.25, 0.3) is 0 Å². The van der Waals surface area contributed by atoms with Crippen LogP contribution in [0.25, 0.3) is 44.6 Å². The van der Waals surface area contributed by atoms with Crippen LogP contribution in [0.5, 0.6) is 0 Å². The zero-order chi connectivity index (χ0) is 30.9. The number of halogens is 1. The van der Waals surface area contributed by atoms with Crippen LogP contribution in [0.1, 0.15) is 52.0 Å².